The fraction of sp³-hybridized carbons (Fsp3) is 0. The number of hydrogen-bond acceptors (Lipinski definition) is 20. The van der Waals surface area contributed by atoms with E-state index in [1.54, 1.807) is 0 Å². The molecule has 0 fully saturated rings. The average molecular weight is 875 g/mol. The average Bonchev–Trinajstić information content (AvgIpc) is 3.20. The van der Waals surface area contributed by atoms with Gasteiger partial charge in [0.25, 0.3) is 37.3 Å². The van der Waals surface area contributed by atoms with Gasteiger partial charge < -0.3 is 15.5 Å². The molecule has 0 atom stereocenters. The summed E-state index contributed by atoms with van der Waals surface area (Å²) in [5, 5.41) is 78.3. The summed E-state index contributed by atoms with van der Waals surface area (Å²) in [4.78, 5) is 42.6. The molecule has 1 aliphatic rings. The summed E-state index contributed by atoms with van der Waals surface area (Å²) in [7, 11) is -9.98. The Balaban J connectivity index is 1.37. The molecule has 61 heavy (non-hydrogen) atoms. The quantitative estimate of drug-likeness (QED) is 0.0169. The summed E-state index contributed by atoms with van der Waals surface area (Å²) in [5.41, 5.74) is -1.77. The summed E-state index contributed by atoms with van der Waals surface area (Å²) in [5.74, 6) is -2.79. The van der Waals surface area contributed by atoms with Crippen molar-refractivity contribution < 1.29 is 55.7 Å². The molecule has 0 saturated heterocycles. The van der Waals surface area contributed by atoms with Gasteiger partial charge in [-0.15, -0.1) is 10.2 Å². The number of anilines is 3. The fourth-order valence-electron chi connectivity index (χ4n) is 5.36. The van der Waals surface area contributed by atoms with Crippen LogP contribution in [-0.2, 0) is 25.0 Å². The normalized spacial score (nSPS) is 13.6. The van der Waals surface area contributed by atoms with E-state index in [9.17, 15) is 71.3 Å². The van der Waals surface area contributed by atoms with E-state index in [2.05, 4.69) is 36.3 Å². The van der Waals surface area contributed by atoms with Crippen molar-refractivity contribution in [3.05, 3.63) is 139 Å². The molecular formula is C34H22N10O15S2. The van der Waals surface area contributed by atoms with Crippen molar-refractivity contribution in [3.63, 3.8) is 0 Å². The van der Waals surface area contributed by atoms with E-state index in [0.717, 1.165) is 48.5 Å². The number of non-ortho nitro benzene ring substituents is 3. The van der Waals surface area contributed by atoms with Gasteiger partial charge in [0.05, 0.1) is 31.8 Å². The van der Waals surface area contributed by atoms with Crippen molar-refractivity contribution in [1.82, 2.24) is 0 Å². The number of phenols is 2. The van der Waals surface area contributed by atoms with E-state index in [0.29, 0.717) is 12.1 Å². The van der Waals surface area contributed by atoms with Crippen LogP contribution in [0.2, 0.25) is 0 Å². The first-order valence-electron chi connectivity index (χ1n) is 16.4. The smallest absolute Gasteiger partial charge is 0.296 e. The molecule has 0 spiro atoms. The van der Waals surface area contributed by atoms with Crippen LogP contribution in [0.25, 0.3) is 4.91 Å². The molecule has 5 aromatic carbocycles. The summed E-state index contributed by atoms with van der Waals surface area (Å²) >= 11 is 0. The number of allylic oxidation sites excluding steroid dienone is 1. The van der Waals surface area contributed by atoms with Gasteiger partial charge in [-0.25, -0.2) is 0 Å². The lowest BCUT2D eigenvalue weighted by Crippen LogP contribution is -2.23. The van der Waals surface area contributed by atoms with E-state index >= 15 is 0 Å². The van der Waals surface area contributed by atoms with Gasteiger partial charge in [0.1, 0.15) is 26.9 Å². The summed E-state index contributed by atoms with van der Waals surface area (Å²) in [6, 6.07) is 16.6. The molecule has 25 nitrogen and oxygen atoms in total. The van der Waals surface area contributed by atoms with Crippen molar-refractivity contribution in [1.29, 1.82) is 0 Å². The van der Waals surface area contributed by atoms with Crippen molar-refractivity contribution in [2.24, 2.45) is 25.6 Å². The second-order valence-electron chi connectivity index (χ2n) is 12.2. The molecule has 0 heterocycles. The lowest BCUT2D eigenvalue weighted by molar-refractivity contribution is -0.385. The SMILES string of the molecule is O=C1C=C(S(=O)(=O)O)c2cc([N+](=O)[O-])ccc2/C1=N\Nc1cc(N=Nc2ccc(Nc3ccc([N+](=O)[O-])cc3S(=O)(=O)O)cc2)c(O)c(N=Nc2ccc([N+](=O)[O-])cc2)c1O. The number of benzene rings is 5. The number of carbonyl (C=O) groups is 1. The number of fused-ring (bicyclic) bond motifs is 1. The number of phenolic OH excluding ortho intramolecular Hbond substituents is 2. The number of carbonyl (C=O) groups excluding carboxylic acids is 1. The molecule has 0 saturated carbocycles. The zero-order chi connectivity index (χ0) is 44.4. The maximum Gasteiger partial charge on any atom is 0.296 e. The number of ketones is 1. The van der Waals surface area contributed by atoms with Crippen LogP contribution in [0.3, 0.4) is 0 Å². The highest BCUT2D eigenvalue weighted by Crippen LogP contribution is 2.49. The minimum absolute atomic E-state index is 0.0252. The third-order valence-corrected chi connectivity index (χ3v) is 10.0. The van der Waals surface area contributed by atoms with E-state index in [1.807, 2.05) is 0 Å². The van der Waals surface area contributed by atoms with Gasteiger partial charge in [-0.2, -0.15) is 32.2 Å². The third-order valence-electron chi connectivity index (χ3n) is 8.22. The van der Waals surface area contributed by atoms with Gasteiger partial charge in [-0.1, -0.05) is 0 Å². The van der Waals surface area contributed by atoms with Crippen molar-refractivity contribution in [2.45, 2.75) is 4.90 Å². The molecule has 6 rings (SSSR count). The van der Waals surface area contributed by atoms with Gasteiger partial charge in [0, 0.05) is 59.3 Å². The van der Waals surface area contributed by atoms with Gasteiger partial charge in [0.15, 0.2) is 17.2 Å². The Morgan fingerprint density at radius 2 is 1.15 bits per heavy atom. The van der Waals surface area contributed by atoms with Crippen LogP contribution < -0.4 is 10.7 Å². The number of hydrogen-bond donors (Lipinski definition) is 6. The monoisotopic (exact) mass is 874 g/mol. The predicted molar refractivity (Wildman–Crippen MR) is 212 cm³/mol. The molecule has 0 unspecified atom stereocenters. The van der Waals surface area contributed by atoms with Crippen LogP contribution in [0.1, 0.15) is 11.1 Å². The van der Waals surface area contributed by atoms with Crippen molar-refractivity contribution in [2.75, 3.05) is 10.7 Å². The first-order valence-corrected chi connectivity index (χ1v) is 19.3. The van der Waals surface area contributed by atoms with Gasteiger partial charge in [0.2, 0.25) is 5.78 Å². The van der Waals surface area contributed by atoms with Crippen LogP contribution >= 0.6 is 0 Å². The number of nitro groups is 3. The molecular weight excluding hydrogens is 853 g/mol. The Labute approximate surface area is 339 Å². The molecule has 1 aliphatic carbocycles. The molecule has 0 amide bonds. The van der Waals surface area contributed by atoms with Gasteiger partial charge in [-0.3, -0.25) is 49.7 Å². The van der Waals surface area contributed by atoms with E-state index in [1.165, 1.54) is 36.4 Å². The zero-order valence-corrected chi connectivity index (χ0v) is 31.5. The van der Waals surface area contributed by atoms with E-state index in [4.69, 9.17) is 0 Å². The molecule has 0 aliphatic heterocycles. The second-order valence-corrected chi connectivity index (χ2v) is 14.9. The highest BCUT2D eigenvalue weighted by molar-refractivity contribution is 7.95. The number of nitro benzene ring substituents is 3. The second kappa shape index (κ2) is 16.5. The maximum absolute atomic E-state index is 13.1. The minimum atomic E-state index is -5.08. The van der Waals surface area contributed by atoms with E-state index < -0.39 is 102 Å². The highest BCUT2D eigenvalue weighted by Gasteiger charge is 2.32. The Morgan fingerprint density at radius 1 is 0.590 bits per heavy atom. The molecule has 6 N–H and O–H groups in total. The first-order chi connectivity index (χ1) is 28.7. The van der Waals surface area contributed by atoms with Crippen molar-refractivity contribution >= 4 is 93.5 Å². The van der Waals surface area contributed by atoms with Crippen LogP contribution in [0, 0.1) is 30.3 Å². The zero-order valence-electron chi connectivity index (χ0n) is 29.9. The molecule has 0 bridgehead atoms. The molecule has 27 heteroatoms. The molecule has 5 aromatic rings. The van der Waals surface area contributed by atoms with Crippen molar-refractivity contribution in [3.8, 4) is 11.5 Å². The standard InChI is InChI=1S/C34H22N10O15S2/c45-28-16-29(60(54,55)56)24-13-21(43(50)51)9-11-23(24)31(28)40-39-27-15-26(33(46)32(34(27)47)41-37-19-5-7-20(8-6-19)42(48)49)38-36-18-3-1-17(2-4-18)35-25-12-10-22(44(52)53)14-30(25)61(57,58)59/h1-16,35,39,46-47H,(H,54,55,56)(H,57,58,59)/b38-36?,40-31+,41-37?. The Kier molecular flexibility index (Phi) is 11.4. The number of rotatable bonds is 13. The minimum Gasteiger partial charge on any atom is -0.504 e. The summed E-state index contributed by atoms with van der Waals surface area (Å²) < 4.78 is 67.4. The number of azo groups is 2. The van der Waals surface area contributed by atoms with Gasteiger partial charge in [-0.05, 0) is 54.6 Å². The maximum atomic E-state index is 13.1. The van der Waals surface area contributed by atoms with Gasteiger partial charge >= 0.3 is 0 Å². The third kappa shape index (κ3) is 9.34. The van der Waals surface area contributed by atoms with Crippen LogP contribution in [0.5, 0.6) is 11.5 Å². The number of nitrogens with one attached hydrogen (secondary N) is 2. The summed E-state index contributed by atoms with van der Waals surface area (Å²) in [6.45, 7) is 0. The van der Waals surface area contributed by atoms with E-state index in [-0.39, 0.29) is 34.0 Å². The number of nitrogens with zero attached hydrogens (tertiary/aromatic N) is 8. The topological polar surface area (TPSA) is 382 Å². The Morgan fingerprint density at radius 3 is 1.74 bits per heavy atom. The predicted octanol–water partition coefficient (Wildman–Crippen LogP) is 7.27. The van der Waals surface area contributed by atoms with Crippen LogP contribution in [0.15, 0.2) is 128 Å². The fourth-order valence-corrected chi connectivity index (χ4v) is 6.73. The molecule has 0 aromatic heterocycles. The lowest BCUT2D eigenvalue weighted by atomic mass is 9.94. The molecule has 0 radical (unpaired) electrons. The highest BCUT2D eigenvalue weighted by atomic mass is 32.2. The first kappa shape index (κ1) is 42.2. The largest absolute Gasteiger partial charge is 0.504 e. The van der Waals surface area contributed by atoms with Crippen LogP contribution in [0.4, 0.5) is 56.9 Å². The lowest BCUT2D eigenvalue weighted by Gasteiger charge is -2.17. The Hall–Kier alpha value is -8.40. The Bertz CT molecular complexity index is 3050. The number of hydrazone groups is 1. The molecule has 310 valence electrons. The van der Waals surface area contributed by atoms with Crippen LogP contribution in [-0.4, -0.2) is 62.4 Å². The number of aromatic hydroxyl groups is 2. The summed E-state index contributed by atoms with van der Waals surface area (Å²) in [6.07, 6.45) is 0.474.